The third-order valence-corrected chi connectivity index (χ3v) is 6.35. The molecule has 6 heteroatoms. The maximum Gasteiger partial charge on any atom is 0.335 e. The van der Waals surface area contributed by atoms with Gasteiger partial charge in [0.15, 0.2) is 0 Å². The Kier molecular flexibility index (Phi) is 13.1. The zero-order valence-electron chi connectivity index (χ0n) is 23.3. The van der Waals surface area contributed by atoms with Crippen molar-refractivity contribution >= 4 is 5.97 Å². The minimum absolute atomic E-state index is 0.162. The van der Waals surface area contributed by atoms with Crippen molar-refractivity contribution in [3.05, 3.63) is 94.8 Å². The molecule has 0 radical (unpaired) electrons. The maximum atomic E-state index is 12.2. The van der Waals surface area contributed by atoms with Gasteiger partial charge in [-0.3, -0.25) is 0 Å². The number of aliphatic hydroxyl groups excluding tert-OH is 1. The molecule has 4 rings (SSSR count). The number of carboxylic acids is 1. The van der Waals surface area contributed by atoms with Crippen LogP contribution in [0.2, 0.25) is 0 Å². The van der Waals surface area contributed by atoms with Crippen LogP contribution in [0, 0.1) is 19.7 Å². The van der Waals surface area contributed by atoms with E-state index in [1.165, 1.54) is 25.0 Å². The number of nitrogens with zero attached hydrogens (tertiary/aromatic N) is 1. The van der Waals surface area contributed by atoms with Gasteiger partial charge in [0.05, 0.1) is 24.4 Å². The summed E-state index contributed by atoms with van der Waals surface area (Å²) in [7, 11) is 0. The Morgan fingerprint density at radius 1 is 1.00 bits per heavy atom. The average molecular weight is 524 g/mol. The van der Waals surface area contributed by atoms with E-state index in [0.29, 0.717) is 18.7 Å². The first-order chi connectivity index (χ1) is 18.2. The number of likely N-dealkylation sites (tertiary alicyclic amines) is 1. The summed E-state index contributed by atoms with van der Waals surface area (Å²) in [6.45, 7) is 12.7. The van der Waals surface area contributed by atoms with Gasteiger partial charge in [-0.1, -0.05) is 62.4 Å². The molecule has 0 aliphatic carbocycles. The van der Waals surface area contributed by atoms with E-state index in [1.807, 2.05) is 77.1 Å². The fourth-order valence-electron chi connectivity index (χ4n) is 4.45. The van der Waals surface area contributed by atoms with Gasteiger partial charge in [0, 0.05) is 6.54 Å². The first-order valence-electron chi connectivity index (χ1n) is 13.4. The number of halogens is 1. The molecule has 2 atom stereocenters. The molecule has 5 nitrogen and oxygen atoms in total. The Bertz CT molecular complexity index is 1130. The molecule has 206 valence electrons. The first kappa shape index (κ1) is 31.2. The van der Waals surface area contributed by atoms with E-state index in [4.69, 9.17) is 4.74 Å². The van der Waals surface area contributed by atoms with E-state index in [0.717, 1.165) is 40.9 Å². The van der Waals surface area contributed by atoms with Crippen molar-refractivity contribution < 1.29 is 24.1 Å². The molecule has 0 saturated carbocycles. The van der Waals surface area contributed by atoms with E-state index in [2.05, 4.69) is 4.90 Å². The van der Waals surface area contributed by atoms with Gasteiger partial charge >= 0.3 is 5.97 Å². The molecule has 1 fully saturated rings. The monoisotopic (exact) mass is 523 g/mol. The number of aliphatic hydroxyl groups is 1. The van der Waals surface area contributed by atoms with Crippen molar-refractivity contribution in [3.8, 4) is 11.1 Å². The molecule has 3 aromatic carbocycles. The Morgan fingerprint density at radius 2 is 1.68 bits per heavy atom. The highest BCUT2D eigenvalue weighted by molar-refractivity contribution is 5.90. The third kappa shape index (κ3) is 9.67. The number of aromatic carboxylic acids is 1. The smallest absolute Gasteiger partial charge is 0.335 e. The summed E-state index contributed by atoms with van der Waals surface area (Å²) in [5, 5.41) is 19.5. The summed E-state index contributed by atoms with van der Waals surface area (Å²) in [4.78, 5) is 13.5. The highest BCUT2D eigenvalue weighted by atomic mass is 19.1. The maximum absolute atomic E-state index is 12.2. The summed E-state index contributed by atoms with van der Waals surface area (Å²) in [5.41, 5.74) is 5.02. The van der Waals surface area contributed by atoms with E-state index >= 15 is 0 Å². The molecule has 0 bridgehead atoms. The summed E-state index contributed by atoms with van der Waals surface area (Å²) >= 11 is 0. The lowest BCUT2D eigenvalue weighted by atomic mass is 9.94. The Labute approximate surface area is 226 Å². The van der Waals surface area contributed by atoms with Gasteiger partial charge in [0.25, 0.3) is 0 Å². The highest BCUT2D eigenvalue weighted by Gasteiger charge is 2.18. The fraction of sp³-hybridized carbons (Fsp3) is 0.406. The molecule has 1 aliphatic heterocycles. The minimum atomic E-state index is -0.916. The Balaban J connectivity index is 0.000000428. The summed E-state index contributed by atoms with van der Waals surface area (Å²) in [6, 6.07) is 19.9. The van der Waals surface area contributed by atoms with E-state index < -0.39 is 12.1 Å². The van der Waals surface area contributed by atoms with Crippen molar-refractivity contribution in [2.45, 2.75) is 59.7 Å². The van der Waals surface area contributed by atoms with Crippen LogP contribution < -0.4 is 0 Å². The molecule has 0 aromatic heterocycles. The lowest BCUT2D eigenvalue weighted by molar-refractivity contribution is -0.0131. The number of ether oxygens (including phenoxy) is 1. The summed E-state index contributed by atoms with van der Waals surface area (Å²) in [5.74, 6) is -1.08. The Hall–Kier alpha value is -3.06. The summed E-state index contributed by atoms with van der Waals surface area (Å²) < 4.78 is 18.2. The van der Waals surface area contributed by atoms with Crippen molar-refractivity contribution in [2.75, 3.05) is 26.2 Å². The lowest BCUT2D eigenvalue weighted by Crippen LogP contribution is -2.33. The quantitative estimate of drug-likeness (QED) is 0.331. The molecule has 3 aromatic rings. The van der Waals surface area contributed by atoms with Crippen LogP contribution in [0.15, 0.2) is 66.7 Å². The van der Waals surface area contributed by atoms with Crippen molar-refractivity contribution in [2.24, 2.45) is 0 Å². The van der Waals surface area contributed by atoms with Crippen LogP contribution >= 0.6 is 0 Å². The predicted octanol–water partition coefficient (Wildman–Crippen LogP) is 7.05. The predicted molar refractivity (Wildman–Crippen MR) is 152 cm³/mol. The van der Waals surface area contributed by atoms with Crippen LogP contribution in [0.25, 0.3) is 11.1 Å². The van der Waals surface area contributed by atoms with Crippen LogP contribution in [0.4, 0.5) is 4.39 Å². The zero-order chi connectivity index (χ0) is 28.1. The van der Waals surface area contributed by atoms with Crippen molar-refractivity contribution in [1.82, 2.24) is 4.90 Å². The standard InChI is InChI=1S/C23H29NO4.C7H7F.C2H6/c1-16-13-18(9-10-20(16)23(26)27)22-8-4-3-7-21(22)17(2)28-15-19(25)14-24-11-5-6-12-24;1-6-3-2-4-7(8)5-6;1-2/h3-4,7-10,13,17,19,25H,5-6,11-12,14-15H2,1-2H3,(H,26,27);2-5H,1H3;1-2H3. The van der Waals surface area contributed by atoms with Crippen LogP contribution in [-0.2, 0) is 4.74 Å². The molecule has 1 heterocycles. The molecule has 2 N–H and O–H groups in total. The van der Waals surface area contributed by atoms with Crippen LogP contribution in [0.5, 0.6) is 0 Å². The van der Waals surface area contributed by atoms with Crippen LogP contribution in [-0.4, -0.2) is 53.4 Å². The largest absolute Gasteiger partial charge is 0.478 e. The topological polar surface area (TPSA) is 70.0 Å². The highest BCUT2D eigenvalue weighted by Crippen LogP contribution is 2.31. The Morgan fingerprint density at radius 3 is 2.26 bits per heavy atom. The third-order valence-electron chi connectivity index (χ3n) is 6.35. The molecule has 38 heavy (non-hydrogen) atoms. The number of aryl methyl sites for hydroxylation is 2. The van der Waals surface area contributed by atoms with Crippen molar-refractivity contribution in [3.63, 3.8) is 0 Å². The van der Waals surface area contributed by atoms with Gasteiger partial charge in [-0.15, -0.1) is 0 Å². The number of carboxylic acid groups (broad SMARTS) is 1. The van der Waals surface area contributed by atoms with Gasteiger partial charge in [-0.25, -0.2) is 9.18 Å². The molecule has 0 spiro atoms. The minimum Gasteiger partial charge on any atom is -0.478 e. The number of benzene rings is 3. The number of β-amino-alcohol motifs (C(OH)–C–C–N with tert-alkyl or cyclic N) is 1. The van der Waals surface area contributed by atoms with Crippen LogP contribution in [0.1, 0.15) is 66.8 Å². The second-order valence-electron chi connectivity index (χ2n) is 9.36. The second kappa shape index (κ2) is 16.0. The number of carbonyl (C=O) groups is 1. The van der Waals surface area contributed by atoms with Gasteiger partial charge < -0.3 is 19.8 Å². The number of hydrogen-bond donors (Lipinski definition) is 2. The normalized spacial score (nSPS) is 14.5. The van der Waals surface area contributed by atoms with Crippen molar-refractivity contribution in [1.29, 1.82) is 0 Å². The van der Waals surface area contributed by atoms with E-state index in [-0.39, 0.29) is 11.9 Å². The summed E-state index contributed by atoms with van der Waals surface area (Å²) in [6.07, 6.45) is 1.74. The second-order valence-corrected chi connectivity index (χ2v) is 9.36. The van der Waals surface area contributed by atoms with E-state index in [1.54, 1.807) is 12.1 Å². The molecular formula is C32H42FNO4. The average Bonchev–Trinajstić information content (AvgIpc) is 3.41. The fourth-order valence-corrected chi connectivity index (χ4v) is 4.45. The number of hydrogen-bond acceptors (Lipinski definition) is 4. The van der Waals surface area contributed by atoms with Gasteiger partial charge in [0.1, 0.15) is 5.82 Å². The molecule has 0 amide bonds. The zero-order valence-corrected chi connectivity index (χ0v) is 23.3. The molecule has 2 unspecified atom stereocenters. The molecular weight excluding hydrogens is 481 g/mol. The van der Waals surface area contributed by atoms with Gasteiger partial charge in [-0.2, -0.15) is 0 Å². The SMILES string of the molecule is CC.Cc1cc(-c2ccccc2C(C)OCC(O)CN2CCCC2)ccc1C(=O)O.Cc1cccc(F)c1. The van der Waals surface area contributed by atoms with Crippen LogP contribution in [0.3, 0.4) is 0 Å². The number of rotatable bonds is 8. The van der Waals surface area contributed by atoms with E-state index in [9.17, 15) is 19.4 Å². The molecule has 1 aliphatic rings. The first-order valence-corrected chi connectivity index (χ1v) is 13.4. The molecule has 1 saturated heterocycles. The van der Waals surface area contributed by atoms with Gasteiger partial charge in [-0.05, 0) is 92.7 Å². The van der Waals surface area contributed by atoms with Gasteiger partial charge in [0.2, 0.25) is 0 Å². The lowest BCUT2D eigenvalue weighted by Gasteiger charge is -2.22.